The van der Waals surface area contributed by atoms with E-state index in [1.165, 1.54) is 0 Å². The monoisotopic (exact) mass is 201 g/mol. The molecule has 0 aromatic heterocycles. The molecule has 0 aromatic rings. The average Bonchev–Trinajstić information content (AvgIpc) is 2.13. The van der Waals surface area contributed by atoms with E-state index in [1.807, 2.05) is 13.8 Å². The van der Waals surface area contributed by atoms with Crippen molar-refractivity contribution < 1.29 is 14.6 Å². The van der Waals surface area contributed by atoms with Crippen LogP contribution >= 0.6 is 0 Å². The highest BCUT2D eigenvalue weighted by molar-refractivity contribution is 5.73. The quantitative estimate of drug-likeness (QED) is 0.603. The van der Waals surface area contributed by atoms with Crippen molar-refractivity contribution in [1.29, 1.82) is 0 Å². The van der Waals surface area contributed by atoms with Crippen molar-refractivity contribution in [2.45, 2.75) is 32.4 Å². The number of carboxylic acid groups (broad SMARTS) is 1. The molecule has 14 heavy (non-hydrogen) atoms. The van der Waals surface area contributed by atoms with E-state index in [0.29, 0.717) is 13.0 Å². The highest BCUT2D eigenvalue weighted by Gasteiger charge is 2.21. The molecule has 0 rings (SSSR count). The zero-order chi connectivity index (χ0) is 11.1. The Morgan fingerprint density at radius 3 is 2.64 bits per heavy atom. The van der Waals surface area contributed by atoms with Gasteiger partial charge in [-0.3, -0.25) is 4.79 Å². The van der Waals surface area contributed by atoms with Gasteiger partial charge in [-0.25, -0.2) is 0 Å². The summed E-state index contributed by atoms with van der Waals surface area (Å²) in [5, 5.41) is 8.66. The second-order valence-corrected chi connectivity index (χ2v) is 3.51. The van der Waals surface area contributed by atoms with E-state index >= 15 is 0 Å². The van der Waals surface area contributed by atoms with Crippen molar-refractivity contribution >= 4 is 5.97 Å². The SMILES string of the molecule is C=CCOC(C)CC(C)C(N)C(=O)O. The molecule has 3 N–H and O–H groups in total. The van der Waals surface area contributed by atoms with E-state index in [1.54, 1.807) is 6.08 Å². The molecular weight excluding hydrogens is 182 g/mol. The molecule has 3 unspecified atom stereocenters. The van der Waals surface area contributed by atoms with Crippen molar-refractivity contribution in [2.75, 3.05) is 6.61 Å². The van der Waals surface area contributed by atoms with E-state index < -0.39 is 12.0 Å². The summed E-state index contributed by atoms with van der Waals surface area (Å²) in [5.74, 6) is -1.05. The minimum Gasteiger partial charge on any atom is -0.480 e. The van der Waals surface area contributed by atoms with Gasteiger partial charge in [0.2, 0.25) is 0 Å². The minimum atomic E-state index is -0.964. The largest absolute Gasteiger partial charge is 0.480 e. The smallest absolute Gasteiger partial charge is 0.320 e. The second-order valence-electron chi connectivity index (χ2n) is 3.51. The van der Waals surface area contributed by atoms with Gasteiger partial charge in [-0.05, 0) is 19.3 Å². The first-order valence-electron chi connectivity index (χ1n) is 4.70. The van der Waals surface area contributed by atoms with Gasteiger partial charge in [-0.2, -0.15) is 0 Å². The molecule has 0 aliphatic heterocycles. The lowest BCUT2D eigenvalue weighted by Crippen LogP contribution is -2.38. The molecule has 0 aliphatic rings. The molecule has 0 aliphatic carbocycles. The van der Waals surface area contributed by atoms with Gasteiger partial charge in [-0.15, -0.1) is 6.58 Å². The summed E-state index contributed by atoms with van der Waals surface area (Å²) in [6.45, 7) is 7.72. The van der Waals surface area contributed by atoms with Gasteiger partial charge in [0.25, 0.3) is 0 Å². The van der Waals surface area contributed by atoms with Gasteiger partial charge >= 0.3 is 5.97 Å². The Labute approximate surface area is 84.7 Å². The Kier molecular flexibility index (Phi) is 6.16. The van der Waals surface area contributed by atoms with Crippen LogP contribution in [0.15, 0.2) is 12.7 Å². The normalized spacial score (nSPS) is 17.1. The highest BCUT2D eigenvalue weighted by atomic mass is 16.5. The number of carbonyl (C=O) groups is 1. The van der Waals surface area contributed by atoms with Crippen LogP contribution in [0.4, 0.5) is 0 Å². The van der Waals surface area contributed by atoms with Crippen LogP contribution in [-0.4, -0.2) is 29.8 Å². The number of rotatable bonds is 7. The number of hydrogen-bond acceptors (Lipinski definition) is 3. The standard InChI is InChI=1S/C10H19NO3/c1-4-5-14-8(3)6-7(2)9(11)10(12)13/h4,7-9H,1,5-6,11H2,2-3H3,(H,12,13). The average molecular weight is 201 g/mol. The molecule has 0 spiro atoms. The van der Waals surface area contributed by atoms with Crippen LogP contribution in [0.25, 0.3) is 0 Å². The van der Waals surface area contributed by atoms with Crippen LogP contribution in [0.3, 0.4) is 0 Å². The van der Waals surface area contributed by atoms with Crippen molar-refractivity contribution in [3.63, 3.8) is 0 Å². The molecule has 82 valence electrons. The van der Waals surface area contributed by atoms with Crippen LogP contribution in [0, 0.1) is 5.92 Å². The van der Waals surface area contributed by atoms with Crippen molar-refractivity contribution in [3.8, 4) is 0 Å². The van der Waals surface area contributed by atoms with E-state index in [9.17, 15) is 4.79 Å². The lowest BCUT2D eigenvalue weighted by atomic mass is 9.96. The molecule has 0 radical (unpaired) electrons. The van der Waals surface area contributed by atoms with Gasteiger partial charge in [0.05, 0.1) is 12.7 Å². The Hall–Kier alpha value is -0.870. The van der Waals surface area contributed by atoms with Crippen molar-refractivity contribution in [3.05, 3.63) is 12.7 Å². The molecule has 0 saturated carbocycles. The Morgan fingerprint density at radius 1 is 1.64 bits per heavy atom. The predicted octanol–water partition coefficient (Wildman–Crippen LogP) is 1.02. The van der Waals surface area contributed by atoms with Crippen molar-refractivity contribution in [1.82, 2.24) is 0 Å². The minimum absolute atomic E-state index is 0.00778. The summed E-state index contributed by atoms with van der Waals surface area (Å²) >= 11 is 0. The van der Waals surface area contributed by atoms with E-state index in [-0.39, 0.29) is 12.0 Å². The lowest BCUT2D eigenvalue weighted by molar-refractivity contribution is -0.140. The van der Waals surface area contributed by atoms with Gasteiger partial charge in [0.1, 0.15) is 6.04 Å². The summed E-state index contributed by atoms with van der Waals surface area (Å²) in [7, 11) is 0. The summed E-state index contributed by atoms with van der Waals surface area (Å²) < 4.78 is 5.33. The third-order valence-electron chi connectivity index (χ3n) is 2.10. The van der Waals surface area contributed by atoms with Crippen LogP contribution < -0.4 is 5.73 Å². The topological polar surface area (TPSA) is 72.5 Å². The number of hydrogen-bond donors (Lipinski definition) is 2. The van der Waals surface area contributed by atoms with E-state index in [2.05, 4.69) is 6.58 Å². The molecule has 0 amide bonds. The molecule has 4 nitrogen and oxygen atoms in total. The van der Waals surface area contributed by atoms with Crippen LogP contribution in [-0.2, 0) is 9.53 Å². The first-order chi connectivity index (χ1) is 6.49. The van der Waals surface area contributed by atoms with Crippen molar-refractivity contribution in [2.24, 2.45) is 11.7 Å². The molecule has 3 atom stereocenters. The maximum atomic E-state index is 10.6. The summed E-state index contributed by atoms with van der Waals surface area (Å²) in [5.41, 5.74) is 5.46. The fraction of sp³-hybridized carbons (Fsp3) is 0.700. The number of ether oxygens (including phenoxy) is 1. The summed E-state index contributed by atoms with van der Waals surface area (Å²) in [4.78, 5) is 10.6. The fourth-order valence-corrected chi connectivity index (χ4v) is 1.21. The van der Waals surface area contributed by atoms with Gasteiger partial charge in [0.15, 0.2) is 0 Å². The number of carboxylic acids is 1. The number of aliphatic carboxylic acids is 1. The molecule has 0 heterocycles. The molecule has 0 bridgehead atoms. The molecule has 0 saturated heterocycles. The fourth-order valence-electron chi connectivity index (χ4n) is 1.21. The van der Waals surface area contributed by atoms with E-state index in [0.717, 1.165) is 0 Å². The van der Waals surface area contributed by atoms with Gasteiger partial charge in [-0.1, -0.05) is 13.0 Å². The first kappa shape index (κ1) is 13.1. The maximum Gasteiger partial charge on any atom is 0.320 e. The summed E-state index contributed by atoms with van der Waals surface area (Å²) in [6.07, 6.45) is 2.31. The predicted molar refractivity (Wildman–Crippen MR) is 55.0 cm³/mol. The zero-order valence-corrected chi connectivity index (χ0v) is 8.77. The summed E-state index contributed by atoms with van der Waals surface area (Å²) in [6, 6.07) is -0.815. The molecule has 0 fully saturated rings. The third-order valence-corrected chi connectivity index (χ3v) is 2.10. The third kappa shape index (κ3) is 4.99. The molecule has 4 heteroatoms. The Balaban J connectivity index is 3.85. The van der Waals surface area contributed by atoms with Gasteiger partial charge in [0, 0.05) is 0 Å². The Bertz CT molecular complexity index is 194. The van der Waals surface area contributed by atoms with E-state index in [4.69, 9.17) is 15.6 Å². The number of nitrogens with two attached hydrogens (primary N) is 1. The molecule has 0 aromatic carbocycles. The molecular formula is C10H19NO3. The van der Waals surface area contributed by atoms with Crippen LogP contribution in [0.1, 0.15) is 20.3 Å². The second kappa shape index (κ2) is 6.56. The zero-order valence-electron chi connectivity index (χ0n) is 8.77. The highest BCUT2D eigenvalue weighted by Crippen LogP contribution is 2.12. The van der Waals surface area contributed by atoms with Gasteiger partial charge < -0.3 is 15.6 Å². The first-order valence-corrected chi connectivity index (χ1v) is 4.70. The van der Waals surface area contributed by atoms with Crippen LogP contribution in [0.2, 0.25) is 0 Å². The maximum absolute atomic E-state index is 10.6. The Morgan fingerprint density at radius 2 is 2.21 bits per heavy atom. The van der Waals surface area contributed by atoms with Crippen LogP contribution in [0.5, 0.6) is 0 Å². The lowest BCUT2D eigenvalue weighted by Gasteiger charge is -2.20.